The van der Waals surface area contributed by atoms with Crippen LogP contribution in [0.5, 0.6) is 5.75 Å². The van der Waals surface area contributed by atoms with Crippen LogP contribution in [0.4, 0.5) is 0 Å². The molecular weight excluding hydrogens is 828 g/mol. The number of rotatable bonds is 30. The second-order valence-corrected chi connectivity index (χ2v) is 12.0. The lowest BCUT2D eigenvalue weighted by atomic mass is 10.2. The Balaban J connectivity index is 0.00000690. The van der Waals surface area contributed by atoms with Crippen molar-refractivity contribution < 1.29 is 52.3 Å². The van der Waals surface area contributed by atoms with E-state index in [0.717, 1.165) is 4.90 Å². The van der Waals surface area contributed by atoms with Crippen LogP contribution in [-0.2, 0) is 47.5 Å². The van der Waals surface area contributed by atoms with Crippen LogP contribution in [0.2, 0.25) is 0 Å². The van der Waals surface area contributed by atoms with Crippen LogP contribution in [0, 0.1) is 0 Å². The fourth-order valence-electron chi connectivity index (χ4n) is 3.83. The molecule has 0 bridgehead atoms. The van der Waals surface area contributed by atoms with Crippen molar-refractivity contribution in [3.05, 3.63) is 38.8 Å². The highest BCUT2D eigenvalue weighted by Crippen LogP contribution is 2.29. The summed E-state index contributed by atoms with van der Waals surface area (Å²) in [4.78, 5) is 36.8. The number of imide groups is 1. The van der Waals surface area contributed by atoms with E-state index in [1.807, 2.05) is 13.8 Å². The molecule has 1 aliphatic rings. The Labute approximate surface area is 328 Å². The minimum Gasteiger partial charge on any atom is -0.491 e. The Morgan fingerprint density at radius 3 is 1.58 bits per heavy atom. The molecular formula is C34H54Br2N6O11. The van der Waals surface area contributed by atoms with Crippen LogP contribution in [0.3, 0.4) is 0 Å². The second kappa shape index (κ2) is 31.4. The van der Waals surface area contributed by atoms with E-state index < -0.39 is 0 Å². The number of amides is 3. The van der Waals surface area contributed by atoms with Gasteiger partial charge in [-0.1, -0.05) is 13.8 Å². The topological polar surface area (TPSA) is 217 Å². The predicted octanol–water partition coefficient (Wildman–Crippen LogP) is 2.08. The van der Waals surface area contributed by atoms with E-state index in [0.29, 0.717) is 110 Å². The molecule has 0 fully saturated rings. The maximum Gasteiger partial charge on any atom is 0.269 e. The number of carbonyl (C=O) groups excluding carboxylic acids is 3. The second-order valence-electron chi connectivity index (χ2n) is 10.4. The van der Waals surface area contributed by atoms with Crippen molar-refractivity contribution >= 4 is 61.3 Å². The number of carbonyl (C=O) groups is 3. The Hall–Kier alpha value is -3.01. The first-order chi connectivity index (χ1) is 25.7. The molecule has 0 unspecified atom stereocenters. The van der Waals surface area contributed by atoms with E-state index in [4.69, 9.17) is 49.4 Å². The van der Waals surface area contributed by atoms with Gasteiger partial charge in [-0.2, -0.15) is 0 Å². The van der Waals surface area contributed by atoms with Gasteiger partial charge in [0.2, 0.25) is 5.91 Å². The highest BCUT2D eigenvalue weighted by Gasteiger charge is 2.35. The average Bonchev–Trinajstić information content (AvgIpc) is 3.34. The Bertz CT molecular complexity index is 1260. The van der Waals surface area contributed by atoms with Gasteiger partial charge in [0.15, 0.2) is 5.84 Å². The molecule has 1 aromatic carbocycles. The molecule has 0 atom stereocenters. The molecule has 300 valence electrons. The Morgan fingerprint density at radius 2 is 1.09 bits per heavy atom. The summed E-state index contributed by atoms with van der Waals surface area (Å²) in [5.41, 5.74) is 12.0. The average molecular weight is 883 g/mol. The standard InChI is InChI=1S/C32H48Br2N6O11.C2H6/c1-24(35)38-39-30(36)25-2-4-26(5-3-25)51-23-22-50-21-20-48-16-13-45-10-7-37-27(41)6-9-44-12-15-47-18-19-49-17-14-46-11-8-40-31(42)28(33)29(34)32(40)43;1-2/h2-5H,6-23H2,1H3,(H2,35,38)(H2,36,39)(H,37,41);1-2H3. The molecule has 17 nitrogen and oxygen atoms in total. The zero-order chi connectivity index (χ0) is 39.1. The van der Waals surface area contributed by atoms with Crippen LogP contribution in [0.15, 0.2) is 43.4 Å². The van der Waals surface area contributed by atoms with Crippen LogP contribution in [0.1, 0.15) is 32.8 Å². The third-order valence-corrected chi connectivity index (χ3v) is 8.39. The van der Waals surface area contributed by atoms with Gasteiger partial charge in [-0.15, -0.1) is 10.2 Å². The van der Waals surface area contributed by atoms with Gasteiger partial charge in [-0.05, 0) is 63.0 Å². The summed E-state index contributed by atoms with van der Waals surface area (Å²) in [6.45, 7) is 11.8. The summed E-state index contributed by atoms with van der Waals surface area (Å²) in [5, 5.41) is 10.4. The minimum atomic E-state index is -0.389. The summed E-state index contributed by atoms with van der Waals surface area (Å²) < 4.78 is 44.2. The van der Waals surface area contributed by atoms with Gasteiger partial charge in [-0.3, -0.25) is 19.3 Å². The maximum atomic E-state index is 11.9. The SMILES string of the molecule is C/C(N)=N/N=C(\N)c1ccc(OCCOCCOCCOCCNC(=O)CCOCCOCCOCCOCCN2C(=O)C(Br)=C(Br)C2=O)cc1.CC. The predicted molar refractivity (Wildman–Crippen MR) is 206 cm³/mol. The summed E-state index contributed by atoms with van der Waals surface area (Å²) in [6.07, 6.45) is 0.241. The van der Waals surface area contributed by atoms with Crippen molar-refractivity contribution in [2.45, 2.75) is 27.2 Å². The molecule has 53 heavy (non-hydrogen) atoms. The van der Waals surface area contributed by atoms with Crippen molar-refractivity contribution in [2.24, 2.45) is 21.7 Å². The highest BCUT2D eigenvalue weighted by molar-refractivity contribution is 9.14. The van der Waals surface area contributed by atoms with Crippen LogP contribution in [0.25, 0.3) is 0 Å². The van der Waals surface area contributed by atoms with Gasteiger partial charge >= 0.3 is 0 Å². The van der Waals surface area contributed by atoms with E-state index in [2.05, 4.69) is 47.4 Å². The number of benzene rings is 1. The molecule has 0 saturated heterocycles. The van der Waals surface area contributed by atoms with E-state index in [1.54, 1.807) is 31.2 Å². The summed E-state index contributed by atoms with van der Waals surface area (Å²) >= 11 is 6.16. The summed E-state index contributed by atoms with van der Waals surface area (Å²) in [7, 11) is 0. The molecule has 1 heterocycles. The maximum absolute atomic E-state index is 11.9. The fraction of sp³-hybridized carbons (Fsp3) is 0.618. The first-order valence-electron chi connectivity index (χ1n) is 17.3. The smallest absolute Gasteiger partial charge is 0.269 e. The van der Waals surface area contributed by atoms with E-state index in [9.17, 15) is 14.4 Å². The molecule has 0 saturated carbocycles. The number of nitrogens with zero attached hydrogens (tertiary/aromatic N) is 3. The first kappa shape index (κ1) is 48.0. The van der Waals surface area contributed by atoms with Gasteiger partial charge in [0.05, 0.1) is 99.0 Å². The summed E-state index contributed by atoms with van der Waals surface area (Å²) in [6, 6.07) is 7.14. The number of nitrogens with two attached hydrogens (primary N) is 2. The Morgan fingerprint density at radius 1 is 0.660 bits per heavy atom. The fourth-order valence-corrected chi connectivity index (χ4v) is 4.59. The lowest BCUT2D eigenvalue weighted by molar-refractivity contribution is -0.138. The molecule has 0 radical (unpaired) electrons. The van der Waals surface area contributed by atoms with E-state index in [1.165, 1.54) is 0 Å². The highest BCUT2D eigenvalue weighted by atomic mass is 79.9. The van der Waals surface area contributed by atoms with Gasteiger partial charge in [0.25, 0.3) is 11.8 Å². The van der Waals surface area contributed by atoms with Crippen molar-refractivity contribution in [3.63, 3.8) is 0 Å². The molecule has 1 aromatic rings. The van der Waals surface area contributed by atoms with Gasteiger partial charge in [0.1, 0.15) is 27.2 Å². The lowest BCUT2D eigenvalue weighted by Gasteiger charge is -2.14. The van der Waals surface area contributed by atoms with Crippen molar-refractivity contribution in [1.82, 2.24) is 10.2 Å². The van der Waals surface area contributed by atoms with Crippen LogP contribution < -0.4 is 21.5 Å². The normalized spacial score (nSPS) is 13.4. The van der Waals surface area contributed by atoms with Crippen LogP contribution >= 0.6 is 31.9 Å². The molecule has 2 rings (SSSR count). The molecule has 19 heteroatoms. The van der Waals surface area contributed by atoms with Crippen molar-refractivity contribution in [1.29, 1.82) is 0 Å². The summed E-state index contributed by atoms with van der Waals surface area (Å²) in [5.74, 6) is 0.368. The van der Waals surface area contributed by atoms with Crippen molar-refractivity contribution in [2.75, 3.05) is 112 Å². The molecule has 5 N–H and O–H groups in total. The van der Waals surface area contributed by atoms with Gasteiger partial charge < -0.3 is 54.7 Å². The van der Waals surface area contributed by atoms with Crippen LogP contribution in [-0.4, -0.2) is 146 Å². The molecule has 3 amide bonds. The molecule has 0 spiro atoms. The van der Waals surface area contributed by atoms with E-state index >= 15 is 0 Å². The minimum absolute atomic E-state index is 0.122. The number of hydrogen-bond acceptors (Lipinski definition) is 13. The third-order valence-electron chi connectivity index (χ3n) is 6.38. The number of halogens is 2. The molecule has 0 aliphatic carbocycles. The third kappa shape index (κ3) is 22.7. The number of hydrogen-bond donors (Lipinski definition) is 3. The van der Waals surface area contributed by atoms with E-state index in [-0.39, 0.29) is 58.7 Å². The monoisotopic (exact) mass is 880 g/mol. The number of nitrogens with one attached hydrogen (secondary N) is 1. The zero-order valence-electron chi connectivity index (χ0n) is 30.8. The Kier molecular flexibility index (Phi) is 28.4. The molecule has 0 aromatic heterocycles. The number of ether oxygens (including phenoxy) is 8. The molecule has 1 aliphatic heterocycles. The zero-order valence-corrected chi connectivity index (χ0v) is 34.0. The van der Waals surface area contributed by atoms with Gasteiger partial charge in [-0.25, -0.2) is 0 Å². The van der Waals surface area contributed by atoms with Crippen molar-refractivity contribution in [3.8, 4) is 5.75 Å². The number of amidine groups is 2. The quantitative estimate of drug-likeness (QED) is 0.0332. The first-order valence-corrected chi connectivity index (χ1v) is 18.9. The van der Waals surface area contributed by atoms with Gasteiger partial charge in [0, 0.05) is 18.5 Å². The lowest BCUT2D eigenvalue weighted by Crippen LogP contribution is -2.34. The largest absolute Gasteiger partial charge is 0.491 e.